The summed E-state index contributed by atoms with van der Waals surface area (Å²) in [5, 5.41) is 10.6. The fraction of sp³-hybridized carbons (Fsp3) is 0.345. The van der Waals surface area contributed by atoms with Crippen molar-refractivity contribution in [2.45, 2.75) is 57.5 Å². The summed E-state index contributed by atoms with van der Waals surface area (Å²) in [6.07, 6.45) is 7.41. The zero-order valence-electron chi connectivity index (χ0n) is 21.5. The van der Waals surface area contributed by atoms with Gasteiger partial charge in [-0.05, 0) is 72.9 Å². The van der Waals surface area contributed by atoms with Gasteiger partial charge in [-0.1, -0.05) is 30.9 Å². The Hall–Kier alpha value is -3.62. The number of hydrogen-bond acceptors (Lipinski definition) is 4. The Labute approximate surface area is 227 Å². The fourth-order valence-electron chi connectivity index (χ4n) is 4.77. The molecule has 1 unspecified atom stereocenters. The summed E-state index contributed by atoms with van der Waals surface area (Å²) < 4.78 is 0. The van der Waals surface area contributed by atoms with Crippen molar-refractivity contribution in [3.05, 3.63) is 72.0 Å². The molecule has 3 aromatic rings. The number of nitrogens with one attached hydrogen (secondary N) is 5. The molecule has 1 aliphatic heterocycles. The van der Waals surface area contributed by atoms with Crippen LogP contribution in [0.2, 0.25) is 0 Å². The van der Waals surface area contributed by atoms with E-state index in [2.05, 4.69) is 62.7 Å². The van der Waals surface area contributed by atoms with Gasteiger partial charge in [0.05, 0.1) is 0 Å². The first-order chi connectivity index (χ1) is 18.3. The van der Waals surface area contributed by atoms with Crippen LogP contribution in [-0.2, 0) is 27.2 Å². The van der Waals surface area contributed by atoms with Crippen molar-refractivity contribution < 1.29 is 14.4 Å². The Morgan fingerprint density at radius 3 is 2.39 bits per heavy atom. The lowest BCUT2D eigenvalue weighted by Gasteiger charge is -2.23. The molecule has 2 heterocycles. The highest BCUT2D eigenvalue weighted by molar-refractivity contribution is 6.13. The smallest absolute Gasteiger partial charge is 0.246 e. The van der Waals surface area contributed by atoms with Gasteiger partial charge >= 0.3 is 0 Å². The Balaban J connectivity index is 1.69. The summed E-state index contributed by atoms with van der Waals surface area (Å²) >= 11 is 5.56. The van der Waals surface area contributed by atoms with Crippen LogP contribution >= 0.6 is 11.8 Å². The molecule has 38 heavy (non-hydrogen) atoms. The number of allylic oxidation sites excluding steroid dienone is 2. The van der Waals surface area contributed by atoms with Crippen LogP contribution < -0.4 is 20.8 Å². The molecule has 4 bridgehead atoms. The number of unbranched alkanes of at least 4 members (excludes halogenated alkanes) is 1. The maximum atomic E-state index is 13.4. The van der Waals surface area contributed by atoms with Crippen molar-refractivity contribution in [2.75, 3.05) is 6.54 Å². The van der Waals surface area contributed by atoms with Crippen LogP contribution in [0.15, 0.2) is 60.8 Å². The molecule has 8 nitrogen and oxygen atoms in total. The Bertz CT molecular complexity index is 1380. The Morgan fingerprint density at radius 2 is 1.68 bits per heavy atom. The minimum Gasteiger partial charge on any atom is -0.355 e. The van der Waals surface area contributed by atoms with Gasteiger partial charge in [0.15, 0.2) is 0 Å². The Morgan fingerprint density at radius 1 is 1.00 bits per heavy atom. The number of fused-ring (bicyclic) bond motifs is 2. The van der Waals surface area contributed by atoms with Crippen molar-refractivity contribution in [3.8, 4) is 0 Å². The number of aromatic nitrogens is 1. The number of hydrogen-bond donors (Lipinski definition) is 5. The first-order valence-corrected chi connectivity index (χ1v) is 13.3. The van der Waals surface area contributed by atoms with E-state index in [1.165, 1.54) is 6.92 Å². The maximum absolute atomic E-state index is 13.4. The lowest BCUT2D eigenvalue weighted by molar-refractivity contribution is -0.131. The number of carbonyl (C=O) groups is 3. The standard InChI is InChI=1S/C29H34ClN5O3/c1-18-7-3-4-8-20-10-12-24-22(15-20)23-16-21(11-13-25(23)34-24)17-27(33-19(2)36)29(38)35-26(28(37)32-18)9-5-6-14-31-30/h3-4,10-13,15-16,26-27,31,34H,1,5-9,14,17H2,2H3,(H,32,37)(H,33,36)(H,35,38)/t26-,27?/m1/s1. The summed E-state index contributed by atoms with van der Waals surface area (Å²) in [5.74, 6) is -1.06. The number of amides is 3. The van der Waals surface area contributed by atoms with Gasteiger partial charge in [0.1, 0.15) is 12.1 Å². The summed E-state index contributed by atoms with van der Waals surface area (Å²) in [4.78, 5) is 44.5. The summed E-state index contributed by atoms with van der Waals surface area (Å²) in [6.45, 7) is 5.95. The molecule has 5 N–H and O–H groups in total. The van der Waals surface area contributed by atoms with Crippen molar-refractivity contribution in [1.29, 1.82) is 0 Å². The number of aromatic amines is 1. The number of halogens is 1. The molecule has 3 amide bonds. The normalized spacial score (nSPS) is 19.1. The largest absolute Gasteiger partial charge is 0.355 e. The third-order valence-electron chi connectivity index (χ3n) is 6.69. The van der Waals surface area contributed by atoms with Crippen molar-refractivity contribution in [3.63, 3.8) is 0 Å². The highest BCUT2D eigenvalue weighted by atomic mass is 35.5. The summed E-state index contributed by atoms with van der Waals surface area (Å²) in [5.41, 5.74) is 4.66. The molecule has 0 spiro atoms. The van der Waals surface area contributed by atoms with Gasteiger partial charge in [-0.2, -0.15) is 0 Å². The van der Waals surface area contributed by atoms with Crippen molar-refractivity contribution in [2.24, 2.45) is 0 Å². The van der Waals surface area contributed by atoms with Crippen molar-refractivity contribution in [1.82, 2.24) is 25.8 Å². The number of carbonyl (C=O) groups excluding carboxylic acids is 3. The van der Waals surface area contributed by atoms with E-state index >= 15 is 0 Å². The molecule has 0 aliphatic carbocycles. The minimum atomic E-state index is -0.837. The third-order valence-corrected chi connectivity index (χ3v) is 6.88. The van der Waals surface area contributed by atoms with Crippen LogP contribution in [0.5, 0.6) is 0 Å². The molecule has 2 aromatic carbocycles. The van der Waals surface area contributed by atoms with Gasteiger partial charge in [-0.15, -0.1) is 0 Å². The SMILES string of the molecule is C=C1CC=CCc2ccc3[nH]c4ccc(cc4c3c2)CC(NC(C)=O)C(=O)N[C@H](CCCCNCl)C(=O)N1. The van der Waals surface area contributed by atoms with Crippen LogP contribution in [0.25, 0.3) is 21.8 Å². The molecule has 0 saturated heterocycles. The van der Waals surface area contributed by atoms with E-state index in [4.69, 9.17) is 11.8 Å². The lowest BCUT2D eigenvalue weighted by atomic mass is 10.0. The third kappa shape index (κ3) is 7.02. The van der Waals surface area contributed by atoms with Crippen molar-refractivity contribution >= 4 is 51.3 Å². The minimum absolute atomic E-state index is 0.285. The van der Waals surface area contributed by atoms with Crippen LogP contribution in [0.4, 0.5) is 0 Å². The predicted molar refractivity (Wildman–Crippen MR) is 151 cm³/mol. The average molecular weight is 536 g/mol. The molecule has 0 saturated carbocycles. The quantitative estimate of drug-likeness (QED) is 0.187. The van der Waals surface area contributed by atoms with E-state index in [0.717, 1.165) is 45.8 Å². The van der Waals surface area contributed by atoms with E-state index < -0.39 is 18.0 Å². The molecule has 1 aliphatic rings. The van der Waals surface area contributed by atoms with E-state index in [1.54, 1.807) is 0 Å². The van der Waals surface area contributed by atoms with Gasteiger partial charge in [0.2, 0.25) is 17.7 Å². The maximum Gasteiger partial charge on any atom is 0.246 e. The van der Waals surface area contributed by atoms with Gasteiger partial charge in [0.25, 0.3) is 0 Å². The summed E-state index contributed by atoms with van der Waals surface area (Å²) in [6, 6.07) is 10.7. The van der Waals surface area contributed by atoms with E-state index in [9.17, 15) is 14.4 Å². The molecule has 9 heteroatoms. The van der Waals surface area contributed by atoms with Gasteiger partial charge in [0, 0.05) is 53.8 Å². The number of rotatable bonds is 6. The zero-order chi connectivity index (χ0) is 27.1. The van der Waals surface area contributed by atoms with Crippen LogP contribution in [-0.4, -0.2) is 41.3 Å². The van der Waals surface area contributed by atoms with E-state index in [-0.39, 0.29) is 18.2 Å². The zero-order valence-corrected chi connectivity index (χ0v) is 22.3. The first kappa shape index (κ1) is 27.4. The fourth-order valence-corrected chi connectivity index (χ4v) is 4.91. The van der Waals surface area contributed by atoms with Crippen LogP contribution in [0, 0.1) is 0 Å². The summed E-state index contributed by atoms with van der Waals surface area (Å²) in [7, 11) is 0. The average Bonchev–Trinajstić information content (AvgIpc) is 3.24. The second kappa shape index (κ2) is 12.8. The molecule has 2 atom stereocenters. The second-order valence-electron chi connectivity index (χ2n) is 9.76. The molecule has 4 rings (SSSR count). The number of H-pyrrole nitrogens is 1. The van der Waals surface area contributed by atoms with E-state index in [1.807, 2.05) is 18.2 Å². The highest BCUT2D eigenvalue weighted by Gasteiger charge is 2.27. The lowest BCUT2D eigenvalue weighted by Crippen LogP contribution is -2.54. The van der Waals surface area contributed by atoms with Gasteiger partial charge < -0.3 is 20.9 Å². The molecule has 1 aromatic heterocycles. The second-order valence-corrected chi connectivity index (χ2v) is 10.0. The first-order valence-electron chi connectivity index (χ1n) is 12.9. The topological polar surface area (TPSA) is 115 Å². The van der Waals surface area contributed by atoms with Crippen LogP contribution in [0.3, 0.4) is 0 Å². The van der Waals surface area contributed by atoms with Gasteiger partial charge in [-0.3, -0.25) is 14.4 Å². The monoisotopic (exact) mass is 535 g/mol. The molecule has 0 radical (unpaired) electrons. The molecule has 0 fully saturated rings. The van der Waals surface area contributed by atoms with Gasteiger partial charge in [-0.25, -0.2) is 4.84 Å². The van der Waals surface area contributed by atoms with Crippen LogP contribution in [0.1, 0.15) is 43.7 Å². The molecule has 200 valence electrons. The molecular weight excluding hydrogens is 502 g/mol. The molecular formula is C29H34ClN5O3. The Kier molecular flexibility index (Phi) is 9.20. The predicted octanol–water partition coefficient (Wildman–Crippen LogP) is 3.90. The highest BCUT2D eigenvalue weighted by Crippen LogP contribution is 2.28. The van der Waals surface area contributed by atoms with E-state index in [0.29, 0.717) is 31.5 Å². The number of benzene rings is 2.